The summed E-state index contributed by atoms with van der Waals surface area (Å²) in [5.74, 6) is 0.716. The zero-order valence-electron chi connectivity index (χ0n) is 15.0. The molecule has 0 saturated heterocycles. The van der Waals surface area contributed by atoms with Crippen LogP contribution in [0.4, 0.5) is 5.69 Å². The van der Waals surface area contributed by atoms with Crippen LogP contribution in [0, 0.1) is 6.92 Å². The summed E-state index contributed by atoms with van der Waals surface area (Å²) in [7, 11) is 0. The standard InChI is InChI=1S/C21H20N6/c1-14-9-16-4-3-15(10-20(16)25-14)12-23-21(7-8-22-2)26-18-5-6-19-17(11-18)13-24-27-19/h3-11,13,25H,2,12H2,1H3,(H,23,26)(H,24,27)/b8-7-. The quantitative estimate of drug-likeness (QED) is 0.361. The van der Waals surface area contributed by atoms with E-state index in [0.717, 1.165) is 33.4 Å². The first-order valence-corrected chi connectivity index (χ1v) is 8.66. The molecular formula is C21H20N6. The zero-order valence-corrected chi connectivity index (χ0v) is 15.0. The molecule has 0 aliphatic rings. The van der Waals surface area contributed by atoms with Gasteiger partial charge in [-0.05, 0) is 61.0 Å². The van der Waals surface area contributed by atoms with Gasteiger partial charge in [-0.15, -0.1) is 0 Å². The minimum absolute atomic E-state index is 0.561. The van der Waals surface area contributed by atoms with Crippen LogP contribution < -0.4 is 5.32 Å². The molecule has 0 aliphatic heterocycles. The highest BCUT2D eigenvalue weighted by Gasteiger charge is 2.02. The lowest BCUT2D eigenvalue weighted by molar-refractivity contribution is 1.07. The number of nitrogens with one attached hydrogen (secondary N) is 3. The molecule has 3 N–H and O–H groups in total. The van der Waals surface area contributed by atoms with Crippen molar-refractivity contribution in [3.05, 3.63) is 72.2 Å². The lowest BCUT2D eigenvalue weighted by atomic mass is 10.1. The van der Waals surface area contributed by atoms with Crippen molar-refractivity contribution >= 4 is 40.0 Å². The highest BCUT2D eigenvalue weighted by molar-refractivity contribution is 6.04. The molecule has 0 aliphatic carbocycles. The van der Waals surface area contributed by atoms with Crippen LogP contribution in [0.2, 0.25) is 0 Å². The number of hydrogen-bond acceptors (Lipinski definition) is 3. The van der Waals surface area contributed by atoms with Gasteiger partial charge < -0.3 is 10.3 Å². The van der Waals surface area contributed by atoms with Gasteiger partial charge in [0.15, 0.2) is 0 Å². The largest absolute Gasteiger partial charge is 0.359 e. The Morgan fingerprint density at radius 2 is 2.07 bits per heavy atom. The molecule has 134 valence electrons. The van der Waals surface area contributed by atoms with E-state index in [0.29, 0.717) is 12.4 Å². The van der Waals surface area contributed by atoms with E-state index in [2.05, 4.69) is 63.4 Å². The summed E-state index contributed by atoms with van der Waals surface area (Å²) < 4.78 is 0. The molecule has 0 spiro atoms. The number of rotatable bonds is 5. The van der Waals surface area contributed by atoms with E-state index in [4.69, 9.17) is 4.99 Å². The molecule has 2 heterocycles. The molecule has 0 bridgehead atoms. The van der Waals surface area contributed by atoms with Gasteiger partial charge in [0.25, 0.3) is 0 Å². The molecule has 2 aromatic carbocycles. The maximum atomic E-state index is 4.70. The first-order valence-electron chi connectivity index (χ1n) is 8.66. The van der Waals surface area contributed by atoms with Crippen LogP contribution in [0.3, 0.4) is 0 Å². The van der Waals surface area contributed by atoms with Crippen molar-refractivity contribution in [2.45, 2.75) is 13.5 Å². The third-order valence-electron chi connectivity index (χ3n) is 4.30. The topological polar surface area (TPSA) is 81.2 Å². The van der Waals surface area contributed by atoms with Gasteiger partial charge in [0, 0.05) is 28.5 Å². The summed E-state index contributed by atoms with van der Waals surface area (Å²) in [4.78, 5) is 11.9. The number of amidine groups is 1. The fraction of sp³-hybridized carbons (Fsp3) is 0.0952. The van der Waals surface area contributed by atoms with Crippen molar-refractivity contribution in [3.8, 4) is 0 Å². The van der Waals surface area contributed by atoms with Crippen LogP contribution in [-0.4, -0.2) is 27.7 Å². The Bertz CT molecular complexity index is 1160. The van der Waals surface area contributed by atoms with Crippen molar-refractivity contribution in [2.75, 3.05) is 5.32 Å². The number of aromatic nitrogens is 3. The molecular weight excluding hydrogens is 336 g/mol. The van der Waals surface area contributed by atoms with E-state index in [1.165, 1.54) is 5.39 Å². The summed E-state index contributed by atoms with van der Waals surface area (Å²) in [6.07, 6.45) is 5.23. The van der Waals surface area contributed by atoms with Gasteiger partial charge >= 0.3 is 0 Å². The van der Waals surface area contributed by atoms with Gasteiger partial charge in [-0.25, -0.2) is 0 Å². The molecule has 6 nitrogen and oxygen atoms in total. The molecule has 0 fully saturated rings. The van der Waals surface area contributed by atoms with Gasteiger partial charge in [0.1, 0.15) is 5.84 Å². The van der Waals surface area contributed by atoms with Crippen molar-refractivity contribution in [3.63, 3.8) is 0 Å². The van der Waals surface area contributed by atoms with E-state index in [9.17, 15) is 0 Å². The van der Waals surface area contributed by atoms with Crippen LogP contribution in [0.15, 0.2) is 70.9 Å². The molecule has 4 aromatic rings. The fourth-order valence-electron chi connectivity index (χ4n) is 3.02. The maximum Gasteiger partial charge on any atom is 0.127 e. The molecule has 27 heavy (non-hydrogen) atoms. The lowest BCUT2D eigenvalue weighted by Crippen LogP contribution is -2.09. The predicted molar refractivity (Wildman–Crippen MR) is 113 cm³/mol. The van der Waals surface area contributed by atoms with Crippen LogP contribution in [-0.2, 0) is 6.54 Å². The first kappa shape index (κ1) is 16.8. The van der Waals surface area contributed by atoms with Crippen LogP contribution in [0.1, 0.15) is 11.3 Å². The van der Waals surface area contributed by atoms with Gasteiger partial charge in [-0.3, -0.25) is 15.1 Å². The molecule has 0 unspecified atom stereocenters. The highest BCUT2D eigenvalue weighted by Crippen LogP contribution is 2.19. The second kappa shape index (κ2) is 7.29. The Hall–Kier alpha value is -3.67. The second-order valence-electron chi connectivity index (χ2n) is 6.37. The molecule has 0 saturated carbocycles. The third-order valence-corrected chi connectivity index (χ3v) is 4.30. The zero-order chi connectivity index (χ0) is 18.6. The van der Waals surface area contributed by atoms with Gasteiger partial charge in [0.2, 0.25) is 0 Å². The van der Waals surface area contributed by atoms with Crippen LogP contribution >= 0.6 is 0 Å². The molecule has 2 aromatic heterocycles. The monoisotopic (exact) mass is 356 g/mol. The van der Waals surface area contributed by atoms with Gasteiger partial charge in [-0.1, -0.05) is 12.1 Å². The normalized spacial score (nSPS) is 12.3. The second-order valence-corrected chi connectivity index (χ2v) is 6.37. The molecule has 0 atom stereocenters. The number of aromatic amines is 2. The van der Waals surface area contributed by atoms with E-state index < -0.39 is 0 Å². The Labute approximate surface area is 156 Å². The lowest BCUT2D eigenvalue weighted by Gasteiger charge is -2.07. The summed E-state index contributed by atoms with van der Waals surface area (Å²) in [5, 5.41) is 12.6. The summed E-state index contributed by atoms with van der Waals surface area (Å²) >= 11 is 0. The van der Waals surface area contributed by atoms with E-state index in [-0.39, 0.29) is 0 Å². The van der Waals surface area contributed by atoms with E-state index in [1.54, 1.807) is 12.4 Å². The van der Waals surface area contributed by atoms with Gasteiger partial charge in [0.05, 0.1) is 18.3 Å². The Morgan fingerprint density at radius 1 is 1.15 bits per heavy atom. The van der Waals surface area contributed by atoms with E-state index >= 15 is 0 Å². The Morgan fingerprint density at radius 3 is 2.96 bits per heavy atom. The van der Waals surface area contributed by atoms with Crippen molar-refractivity contribution in [2.24, 2.45) is 9.98 Å². The maximum absolute atomic E-state index is 4.70. The number of fused-ring (bicyclic) bond motifs is 2. The number of H-pyrrole nitrogens is 2. The molecule has 4 rings (SSSR count). The number of nitrogens with zero attached hydrogens (tertiary/aromatic N) is 3. The van der Waals surface area contributed by atoms with E-state index in [1.807, 2.05) is 24.3 Å². The summed E-state index contributed by atoms with van der Waals surface area (Å²) in [5.41, 5.74) is 5.35. The van der Waals surface area contributed by atoms with Crippen LogP contribution in [0.5, 0.6) is 0 Å². The number of aliphatic imine (C=N–C) groups is 2. The number of benzene rings is 2. The minimum atomic E-state index is 0.561. The Kier molecular flexibility index (Phi) is 4.53. The van der Waals surface area contributed by atoms with Crippen molar-refractivity contribution in [1.29, 1.82) is 0 Å². The first-order chi connectivity index (χ1) is 13.2. The number of aryl methyl sites for hydroxylation is 1. The fourth-order valence-corrected chi connectivity index (χ4v) is 3.02. The average molecular weight is 356 g/mol. The van der Waals surface area contributed by atoms with Crippen LogP contribution in [0.25, 0.3) is 21.8 Å². The third kappa shape index (κ3) is 3.79. The Balaban J connectivity index is 1.57. The highest BCUT2D eigenvalue weighted by atomic mass is 15.1. The summed E-state index contributed by atoms with van der Waals surface area (Å²) in [6, 6.07) is 14.5. The predicted octanol–water partition coefficient (Wildman–Crippen LogP) is 4.58. The van der Waals surface area contributed by atoms with Crippen molar-refractivity contribution in [1.82, 2.24) is 15.2 Å². The van der Waals surface area contributed by atoms with Gasteiger partial charge in [-0.2, -0.15) is 5.10 Å². The molecule has 0 radical (unpaired) electrons. The number of anilines is 1. The minimum Gasteiger partial charge on any atom is -0.359 e. The summed E-state index contributed by atoms with van der Waals surface area (Å²) in [6.45, 7) is 6.11. The SMILES string of the molecule is C=N/C=C\C(=N/Cc1ccc2cc(C)[nH]c2c1)Nc1ccc2[nH]ncc2c1. The smallest absolute Gasteiger partial charge is 0.127 e. The van der Waals surface area contributed by atoms with Crippen molar-refractivity contribution < 1.29 is 0 Å². The molecule has 0 amide bonds. The average Bonchev–Trinajstić information content (AvgIpc) is 3.28. The number of hydrogen-bond donors (Lipinski definition) is 3. The molecule has 6 heteroatoms.